The van der Waals surface area contributed by atoms with Gasteiger partial charge >= 0.3 is 0 Å². The zero-order valence-corrected chi connectivity index (χ0v) is 18.0. The van der Waals surface area contributed by atoms with Crippen LogP contribution in [0.3, 0.4) is 0 Å². The molecule has 4 rings (SSSR count). The number of Topliss-reactive ketones (excluding diaryl/α,β-unsaturated/α-hetero) is 1. The number of thioether (sulfide) groups is 1. The number of aromatic nitrogens is 3. The minimum absolute atomic E-state index is 0.00607. The normalized spacial score (nSPS) is 10.8. The van der Waals surface area contributed by atoms with Gasteiger partial charge in [-0.25, -0.2) is 0 Å². The van der Waals surface area contributed by atoms with Crippen LogP contribution in [0.5, 0.6) is 11.5 Å². The molecule has 0 unspecified atom stereocenters. The maximum Gasteiger partial charge on any atom is 0.205 e. The van der Waals surface area contributed by atoms with Gasteiger partial charge in [0.1, 0.15) is 11.5 Å². The number of hydrogen-bond acceptors (Lipinski definition) is 7. The van der Waals surface area contributed by atoms with Crippen LogP contribution >= 0.6 is 11.8 Å². The molecule has 2 aromatic heterocycles. The summed E-state index contributed by atoms with van der Waals surface area (Å²) < 4.78 is 18.1. The van der Waals surface area contributed by atoms with Gasteiger partial charge in [-0.1, -0.05) is 11.8 Å². The first-order valence-electron chi connectivity index (χ1n) is 9.72. The van der Waals surface area contributed by atoms with Crippen LogP contribution in [-0.4, -0.2) is 40.0 Å². The molecule has 0 aliphatic heterocycles. The smallest absolute Gasteiger partial charge is 0.205 e. The number of furan rings is 1. The topological polar surface area (TPSA) is 79.4 Å². The zero-order valence-electron chi connectivity index (χ0n) is 17.1. The average molecular weight is 436 g/mol. The summed E-state index contributed by atoms with van der Waals surface area (Å²) in [4.78, 5) is 12.7. The predicted molar refractivity (Wildman–Crippen MR) is 118 cm³/mol. The van der Waals surface area contributed by atoms with Crippen molar-refractivity contribution < 1.29 is 18.7 Å². The van der Waals surface area contributed by atoms with Crippen molar-refractivity contribution in [3.8, 4) is 28.8 Å². The van der Waals surface area contributed by atoms with Crippen molar-refractivity contribution in [2.45, 2.75) is 12.1 Å². The standard InChI is InChI=1S/C23H21N3O4S/c1-3-29-19-12-8-17(9-13-19)26-22(21-5-4-14-30-21)24-25-23(26)31-15-20(27)16-6-10-18(28-2)11-7-16/h4-14H,3,15H2,1-2H3. The number of carbonyl (C=O) groups is 1. The molecule has 0 amide bonds. The Hall–Kier alpha value is -3.52. The lowest BCUT2D eigenvalue weighted by atomic mass is 10.1. The summed E-state index contributed by atoms with van der Waals surface area (Å²) in [7, 11) is 1.59. The lowest BCUT2D eigenvalue weighted by molar-refractivity contribution is 0.102. The van der Waals surface area contributed by atoms with Gasteiger partial charge in [0, 0.05) is 5.56 Å². The van der Waals surface area contributed by atoms with Crippen molar-refractivity contribution >= 4 is 17.5 Å². The summed E-state index contributed by atoms with van der Waals surface area (Å²) in [5.74, 6) is 2.86. The number of nitrogens with zero attached hydrogens (tertiary/aromatic N) is 3. The van der Waals surface area contributed by atoms with Gasteiger partial charge in [0.2, 0.25) is 5.82 Å². The first kappa shape index (κ1) is 20.7. The van der Waals surface area contributed by atoms with E-state index in [0.29, 0.717) is 34.7 Å². The van der Waals surface area contributed by atoms with Crippen LogP contribution in [0.2, 0.25) is 0 Å². The van der Waals surface area contributed by atoms with Gasteiger partial charge in [0.15, 0.2) is 16.7 Å². The minimum Gasteiger partial charge on any atom is -0.497 e. The first-order chi connectivity index (χ1) is 15.2. The van der Waals surface area contributed by atoms with Crippen molar-refractivity contribution in [2.75, 3.05) is 19.5 Å². The molecule has 0 fully saturated rings. The Balaban J connectivity index is 1.60. The highest BCUT2D eigenvalue weighted by Gasteiger charge is 2.19. The highest BCUT2D eigenvalue weighted by atomic mass is 32.2. The lowest BCUT2D eigenvalue weighted by Crippen LogP contribution is -2.05. The van der Waals surface area contributed by atoms with Crippen molar-refractivity contribution in [1.29, 1.82) is 0 Å². The zero-order chi connectivity index (χ0) is 21.6. The fourth-order valence-electron chi connectivity index (χ4n) is 3.01. The third kappa shape index (κ3) is 4.64. The van der Waals surface area contributed by atoms with Crippen LogP contribution in [0.4, 0.5) is 0 Å². The van der Waals surface area contributed by atoms with Gasteiger partial charge in [-0.15, -0.1) is 10.2 Å². The summed E-state index contributed by atoms with van der Waals surface area (Å²) in [5.41, 5.74) is 1.46. The summed E-state index contributed by atoms with van der Waals surface area (Å²) in [6.07, 6.45) is 1.59. The van der Waals surface area contributed by atoms with Gasteiger partial charge in [0.05, 0.1) is 31.4 Å². The summed E-state index contributed by atoms with van der Waals surface area (Å²) in [6.45, 7) is 2.54. The molecule has 2 heterocycles. The molecule has 0 N–H and O–H groups in total. The third-order valence-corrected chi connectivity index (χ3v) is 5.45. The summed E-state index contributed by atoms with van der Waals surface area (Å²) in [5, 5.41) is 9.21. The quantitative estimate of drug-likeness (QED) is 0.273. The molecular formula is C23H21N3O4S. The average Bonchev–Trinajstić information content (AvgIpc) is 3.48. The van der Waals surface area contributed by atoms with Crippen LogP contribution in [0.25, 0.3) is 17.3 Å². The SMILES string of the molecule is CCOc1ccc(-n2c(SCC(=O)c3ccc(OC)cc3)nnc2-c2ccco2)cc1. The molecular weight excluding hydrogens is 414 g/mol. The van der Waals surface area contributed by atoms with Crippen LogP contribution < -0.4 is 9.47 Å². The van der Waals surface area contributed by atoms with Gasteiger partial charge in [0.25, 0.3) is 0 Å². The fraction of sp³-hybridized carbons (Fsp3) is 0.174. The molecule has 0 aliphatic rings. The van der Waals surface area contributed by atoms with E-state index in [4.69, 9.17) is 13.9 Å². The Morgan fingerprint density at radius 1 is 1.03 bits per heavy atom. The molecule has 31 heavy (non-hydrogen) atoms. The van der Waals surface area contributed by atoms with Gasteiger partial charge < -0.3 is 13.9 Å². The van der Waals surface area contributed by atoms with E-state index in [0.717, 1.165) is 11.4 Å². The number of methoxy groups -OCH3 is 1. The van der Waals surface area contributed by atoms with Crippen LogP contribution in [-0.2, 0) is 0 Å². The molecule has 0 bridgehead atoms. The molecule has 0 aliphatic carbocycles. The number of ether oxygens (including phenoxy) is 2. The van der Waals surface area contributed by atoms with Crippen molar-refractivity contribution in [1.82, 2.24) is 14.8 Å². The van der Waals surface area contributed by atoms with Gasteiger partial charge in [-0.2, -0.15) is 0 Å². The monoisotopic (exact) mass is 435 g/mol. The highest BCUT2D eigenvalue weighted by Crippen LogP contribution is 2.29. The maximum atomic E-state index is 12.7. The molecule has 0 saturated heterocycles. The van der Waals surface area contributed by atoms with Crippen LogP contribution in [0.15, 0.2) is 76.5 Å². The van der Waals surface area contributed by atoms with E-state index in [1.807, 2.05) is 41.8 Å². The predicted octanol–water partition coefficient (Wildman–Crippen LogP) is 4.91. The molecule has 158 valence electrons. The Labute approximate surface area is 184 Å². The van der Waals surface area contributed by atoms with Crippen LogP contribution in [0, 0.1) is 0 Å². The van der Waals surface area contributed by atoms with Gasteiger partial charge in [-0.05, 0) is 67.6 Å². The van der Waals surface area contributed by atoms with Crippen molar-refractivity contribution in [2.24, 2.45) is 0 Å². The van der Waals surface area contributed by atoms with E-state index in [2.05, 4.69) is 10.2 Å². The highest BCUT2D eigenvalue weighted by molar-refractivity contribution is 7.99. The first-order valence-corrected chi connectivity index (χ1v) is 10.7. The second-order valence-electron chi connectivity index (χ2n) is 6.49. The van der Waals surface area contributed by atoms with Crippen LogP contribution in [0.1, 0.15) is 17.3 Å². The molecule has 0 atom stereocenters. The van der Waals surface area contributed by atoms with E-state index >= 15 is 0 Å². The van der Waals surface area contributed by atoms with E-state index in [1.165, 1.54) is 11.8 Å². The van der Waals surface area contributed by atoms with E-state index in [9.17, 15) is 4.79 Å². The second-order valence-corrected chi connectivity index (χ2v) is 7.43. The molecule has 0 radical (unpaired) electrons. The summed E-state index contributed by atoms with van der Waals surface area (Å²) >= 11 is 1.32. The molecule has 0 spiro atoms. The molecule has 2 aromatic carbocycles. The van der Waals surface area contributed by atoms with E-state index in [1.54, 1.807) is 43.7 Å². The number of benzene rings is 2. The van der Waals surface area contributed by atoms with E-state index < -0.39 is 0 Å². The Morgan fingerprint density at radius 2 is 1.77 bits per heavy atom. The van der Waals surface area contributed by atoms with Crippen molar-refractivity contribution in [3.05, 3.63) is 72.5 Å². The number of ketones is 1. The Morgan fingerprint density at radius 3 is 2.42 bits per heavy atom. The molecule has 4 aromatic rings. The number of rotatable bonds is 9. The molecule has 7 nitrogen and oxygen atoms in total. The molecule has 0 saturated carbocycles. The fourth-order valence-corrected chi connectivity index (χ4v) is 3.86. The van der Waals surface area contributed by atoms with Gasteiger partial charge in [-0.3, -0.25) is 9.36 Å². The minimum atomic E-state index is -0.00607. The lowest BCUT2D eigenvalue weighted by Gasteiger charge is -2.10. The third-order valence-electron chi connectivity index (χ3n) is 4.53. The Bertz CT molecular complexity index is 1140. The number of carbonyl (C=O) groups excluding carboxylic acids is 1. The molecule has 8 heteroatoms. The maximum absolute atomic E-state index is 12.7. The Kier molecular flexibility index (Phi) is 6.37. The second kappa shape index (κ2) is 9.53. The largest absolute Gasteiger partial charge is 0.497 e. The summed E-state index contributed by atoms with van der Waals surface area (Å²) in [6, 6.07) is 18.3. The van der Waals surface area contributed by atoms with Crippen molar-refractivity contribution in [3.63, 3.8) is 0 Å². The van der Waals surface area contributed by atoms with E-state index in [-0.39, 0.29) is 11.5 Å². The number of hydrogen-bond donors (Lipinski definition) is 0.